The highest BCUT2D eigenvalue weighted by Crippen LogP contribution is 2.28. The molecule has 1 aromatic rings. The molecular formula is C18H24F3N3O3. The van der Waals surface area contributed by atoms with Crippen molar-refractivity contribution in [2.24, 2.45) is 11.7 Å². The number of nitrogens with one attached hydrogen (secondary N) is 1. The first-order chi connectivity index (χ1) is 12.8. The lowest BCUT2D eigenvalue weighted by Gasteiger charge is -2.28. The number of hydrogen-bond acceptors (Lipinski definition) is 5. The Morgan fingerprint density at radius 3 is 2.74 bits per heavy atom. The number of alkyl halides is 3. The summed E-state index contributed by atoms with van der Waals surface area (Å²) in [6.07, 6.45) is -2.47. The predicted octanol–water partition coefficient (Wildman–Crippen LogP) is 2.03. The van der Waals surface area contributed by atoms with Gasteiger partial charge in [-0.1, -0.05) is 6.07 Å². The summed E-state index contributed by atoms with van der Waals surface area (Å²) in [5, 5.41) is 2.97. The molecular weight excluding hydrogens is 363 g/mol. The van der Waals surface area contributed by atoms with Crippen LogP contribution >= 0.6 is 0 Å². The molecule has 2 aliphatic rings. The Labute approximate surface area is 155 Å². The molecule has 3 N–H and O–H groups in total. The number of benzene rings is 1. The summed E-state index contributed by atoms with van der Waals surface area (Å²) in [5.74, 6) is -0.315. The number of anilines is 1. The van der Waals surface area contributed by atoms with Crippen LogP contribution < -0.4 is 20.7 Å². The lowest BCUT2D eigenvalue weighted by atomic mass is 9.91. The second-order valence-electron chi connectivity index (χ2n) is 6.96. The predicted molar refractivity (Wildman–Crippen MR) is 93.4 cm³/mol. The molecule has 0 aromatic heterocycles. The van der Waals surface area contributed by atoms with Crippen molar-refractivity contribution >= 4 is 11.6 Å². The van der Waals surface area contributed by atoms with E-state index >= 15 is 0 Å². The number of carbonyl (C=O) groups excluding carboxylic acids is 1. The number of rotatable bonds is 5. The van der Waals surface area contributed by atoms with Crippen LogP contribution in [-0.4, -0.2) is 50.7 Å². The molecule has 2 aliphatic heterocycles. The normalized spacial score (nSPS) is 22.5. The first-order valence-corrected chi connectivity index (χ1v) is 9.06. The summed E-state index contributed by atoms with van der Waals surface area (Å²) < 4.78 is 46.4. The lowest BCUT2D eigenvalue weighted by molar-refractivity contribution is -0.274. The van der Waals surface area contributed by atoms with E-state index in [1.54, 1.807) is 6.07 Å². The van der Waals surface area contributed by atoms with Crippen LogP contribution in [0.2, 0.25) is 0 Å². The smallest absolute Gasteiger partial charge is 0.406 e. The molecule has 27 heavy (non-hydrogen) atoms. The Bertz CT molecular complexity index is 650. The third-order valence-corrected chi connectivity index (χ3v) is 5.03. The molecule has 1 aromatic carbocycles. The zero-order chi connectivity index (χ0) is 19.4. The summed E-state index contributed by atoms with van der Waals surface area (Å²) in [6.45, 7) is 2.40. The molecule has 0 bridgehead atoms. The van der Waals surface area contributed by atoms with Gasteiger partial charge in [0.05, 0.1) is 6.04 Å². The first-order valence-electron chi connectivity index (χ1n) is 9.06. The third-order valence-electron chi connectivity index (χ3n) is 5.03. The van der Waals surface area contributed by atoms with E-state index in [0.717, 1.165) is 12.8 Å². The highest BCUT2D eigenvalue weighted by Gasteiger charge is 2.32. The largest absolute Gasteiger partial charge is 0.573 e. The van der Waals surface area contributed by atoms with Gasteiger partial charge in [-0.25, -0.2) is 0 Å². The van der Waals surface area contributed by atoms with Crippen molar-refractivity contribution < 1.29 is 27.4 Å². The van der Waals surface area contributed by atoms with Gasteiger partial charge in [0.25, 0.3) is 0 Å². The first kappa shape index (κ1) is 19.8. The van der Waals surface area contributed by atoms with Crippen LogP contribution in [0.3, 0.4) is 0 Å². The van der Waals surface area contributed by atoms with Crippen LogP contribution in [0.4, 0.5) is 18.9 Å². The fourth-order valence-corrected chi connectivity index (χ4v) is 3.58. The molecule has 3 rings (SSSR count). The van der Waals surface area contributed by atoms with Gasteiger partial charge in [0.15, 0.2) is 0 Å². The van der Waals surface area contributed by atoms with Crippen LogP contribution in [0.1, 0.15) is 19.3 Å². The van der Waals surface area contributed by atoms with Crippen molar-refractivity contribution in [3.05, 3.63) is 24.3 Å². The fourth-order valence-electron chi connectivity index (χ4n) is 3.58. The van der Waals surface area contributed by atoms with E-state index in [1.807, 2.05) is 4.90 Å². The van der Waals surface area contributed by atoms with Crippen molar-refractivity contribution in [3.8, 4) is 5.75 Å². The molecule has 2 fully saturated rings. The molecule has 9 heteroatoms. The van der Waals surface area contributed by atoms with Crippen LogP contribution in [-0.2, 0) is 9.53 Å². The minimum absolute atomic E-state index is 0.0874. The third kappa shape index (κ3) is 5.49. The zero-order valence-electron chi connectivity index (χ0n) is 14.9. The maximum absolute atomic E-state index is 12.4. The molecule has 2 atom stereocenters. The molecule has 2 heterocycles. The monoisotopic (exact) mass is 387 g/mol. The van der Waals surface area contributed by atoms with Crippen LogP contribution in [0.25, 0.3) is 0 Å². The van der Waals surface area contributed by atoms with Crippen LogP contribution in [0, 0.1) is 5.92 Å². The highest BCUT2D eigenvalue weighted by molar-refractivity contribution is 5.82. The Hall–Kier alpha value is -2.00. The van der Waals surface area contributed by atoms with E-state index in [9.17, 15) is 18.0 Å². The molecule has 2 saturated heterocycles. The van der Waals surface area contributed by atoms with E-state index in [-0.39, 0.29) is 23.6 Å². The van der Waals surface area contributed by atoms with Gasteiger partial charge in [0, 0.05) is 44.1 Å². The number of carbonyl (C=O) groups is 1. The number of halogens is 3. The van der Waals surface area contributed by atoms with Gasteiger partial charge < -0.3 is 25.4 Å². The van der Waals surface area contributed by atoms with Gasteiger partial charge in [-0.15, -0.1) is 13.2 Å². The van der Waals surface area contributed by atoms with Crippen molar-refractivity contribution in [1.29, 1.82) is 0 Å². The summed E-state index contributed by atoms with van der Waals surface area (Å²) in [4.78, 5) is 14.3. The Kier molecular flexibility index (Phi) is 6.11. The van der Waals surface area contributed by atoms with E-state index in [2.05, 4.69) is 10.1 Å². The Balaban J connectivity index is 1.54. The second-order valence-corrected chi connectivity index (χ2v) is 6.96. The van der Waals surface area contributed by atoms with E-state index < -0.39 is 12.4 Å². The molecule has 1 amide bonds. The maximum Gasteiger partial charge on any atom is 0.573 e. The molecule has 6 nitrogen and oxygen atoms in total. The van der Waals surface area contributed by atoms with Crippen molar-refractivity contribution in [2.75, 3.05) is 31.2 Å². The van der Waals surface area contributed by atoms with Gasteiger partial charge in [-0.2, -0.15) is 0 Å². The Morgan fingerprint density at radius 2 is 2.04 bits per heavy atom. The summed E-state index contributed by atoms with van der Waals surface area (Å²) in [5.41, 5.74) is 6.72. The standard InChI is InChI=1S/C18H24F3N3O3/c19-18(20,21)27-15-3-1-2-14(10-15)24-7-4-13(11-24)23-17(25)16(22)12-5-8-26-9-6-12/h1-3,10,12-13,16H,4-9,11,22H2,(H,23,25). The van der Waals surface area contributed by atoms with E-state index in [1.165, 1.54) is 18.2 Å². The minimum atomic E-state index is -4.72. The number of ether oxygens (including phenoxy) is 2. The number of nitrogens with zero attached hydrogens (tertiary/aromatic N) is 1. The van der Waals surface area contributed by atoms with Gasteiger partial charge >= 0.3 is 6.36 Å². The number of amides is 1. The molecule has 0 spiro atoms. The quantitative estimate of drug-likeness (QED) is 0.809. The summed E-state index contributed by atoms with van der Waals surface area (Å²) >= 11 is 0. The van der Waals surface area contributed by atoms with Crippen LogP contribution in [0.5, 0.6) is 5.75 Å². The van der Waals surface area contributed by atoms with Crippen molar-refractivity contribution in [3.63, 3.8) is 0 Å². The average Bonchev–Trinajstić information content (AvgIpc) is 3.09. The van der Waals surface area contributed by atoms with E-state index in [0.29, 0.717) is 38.4 Å². The second kappa shape index (κ2) is 8.35. The molecule has 0 radical (unpaired) electrons. The summed E-state index contributed by atoms with van der Waals surface area (Å²) in [7, 11) is 0. The molecule has 0 aliphatic carbocycles. The van der Waals surface area contributed by atoms with Crippen molar-refractivity contribution in [2.45, 2.75) is 37.7 Å². The molecule has 2 unspecified atom stereocenters. The van der Waals surface area contributed by atoms with Crippen molar-refractivity contribution in [1.82, 2.24) is 5.32 Å². The number of hydrogen-bond donors (Lipinski definition) is 2. The fraction of sp³-hybridized carbons (Fsp3) is 0.611. The SMILES string of the molecule is NC(C(=O)NC1CCN(c2cccc(OC(F)(F)F)c2)C1)C1CCOCC1. The average molecular weight is 387 g/mol. The molecule has 150 valence electrons. The topological polar surface area (TPSA) is 76.8 Å². The van der Waals surface area contributed by atoms with Gasteiger partial charge in [0.1, 0.15) is 5.75 Å². The highest BCUT2D eigenvalue weighted by atomic mass is 19.4. The van der Waals surface area contributed by atoms with Crippen LogP contribution in [0.15, 0.2) is 24.3 Å². The lowest BCUT2D eigenvalue weighted by Crippen LogP contribution is -2.50. The maximum atomic E-state index is 12.4. The molecule has 0 saturated carbocycles. The van der Waals surface area contributed by atoms with Gasteiger partial charge in [-0.3, -0.25) is 4.79 Å². The minimum Gasteiger partial charge on any atom is -0.406 e. The zero-order valence-corrected chi connectivity index (χ0v) is 14.9. The van der Waals surface area contributed by atoms with E-state index in [4.69, 9.17) is 10.5 Å². The summed E-state index contributed by atoms with van der Waals surface area (Å²) in [6, 6.07) is 5.21. The Morgan fingerprint density at radius 1 is 1.30 bits per heavy atom. The number of nitrogens with two attached hydrogens (primary N) is 1. The van der Waals surface area contributed by atoms with Gasteiger partial charge in [-0.05, 0) is 37.3 Å². The van der Waals surface area contributed by atoms with Gasteiger partial charge in [0.2, 0.25) is 5.91 Å².